The molecule has 4 heteroatoms. The SMILES string of the molecule is CCN(CC)C(=O)c1cc2ccc(OCc3ccccc3)cc2[nH]1. The lowest BCUT2D eigenvalue weighted by Gasteiger charge is -2.17. The zero-order chi connectivity index (χ0) is 16.9. The third-order valence-corrected chi connectivity index (χ3v) is 4.12. The Morgan fingerprint density at radius 1 is 1.04 bits per heavy atom. The summed E-state index contributed by atoms with van der Waals surface area (Å²) in [7, 11) is 0. The Morgan fingerprint density at radius 3 is 2.50 bits per heavy atom. The minimum atomic E-state index is 0.0305. The van der Waals surface area contributed by atoms with Crippen LogP contribution in [-0.4, -0.2) is 28.9 Å². The summed E-state index contributed by atoms with van der Waals surface area (Å²) in [5, 5.41) is 1.01. The third-order valence-electron chi connectivity index (χ3n) is 4.12. The standard InChI is InChI=1S/C20H22N2O2/c1-3-22(4-2)20(23)19-12-16-10-11-17(13-18(16)21-19)24-14-15-8-6-5-7-9-15/h5-13,21H,3-4,14H2,1-2H3. The molecule has 1 amide bonds. The maximum atomic E-state index is 12.4. The molecular formula is C20H22N2O2. The highest BCUT2D eigenvalue weighted by Crippen LogP contribution is 2.23. The van der Waals surface area contributed by atoms with Crippen LogP contribution >= 0.6 is 0 Å². The van der Waals surface area contributed by atoms with E-state index in [0.717, 1.165) is 22.2 Å². The van der Waals surface area contributed by atoms with Gasteiger partial charge in [0.1, 0.15) is 18.1 Å². The molecule has 0 bridgehead atoms. The number of benzene rings is 2. The Balaban J connectivity index is 1.77. The van der Waals surface area contributed by atoms with Crippen LogP contribution in [0.3, 0.4) is 0 Å². The van der Waals surface area contributed by atoms with E-state index < -0.39 is 0 Å². The topological polar surface area (TPSA) is 45.3 Å². The summed E-state index contributed by atoms with van der Waals surface area (Å²) >= 11 is 0. The molecule has 0 saturated heterocycles. The second-order valence-electron chi connectivity index (χ2n) is 5.68. The van der Waals surface area contributed by atoms with E-state index in [4.69, 9.17) is 4.74 Å². The van der Waals surface area contributed by atoms with Crippen LogP contribution in [0, 0.1) is 0 Å². The molecule has 3 aromatic rings. The van der Waals surface area contributed by atoms with Crippen LogP contribution in [-0.2, 0) is 6.61 Å². The quantitative estimate of drug-likeness (QED) is 0.738. The van der Waals surface area contributed by atoms with Crippen molar-refractivity contribution in [3.63, 3.8) is 0 Å². The van der Waals surface area contributed by atoms with Gasteiger partial charge in [0.15, 0.2) is 0 Å². The molecule has 4 nitrogen and oxygen atoms in total. The van der Waals surface area contributed by atoms with Crippen LogP contribution < -0.4 is 4.74 Å². The van der Waals surface area contributed by atoms with E-state index in [-0.39, 0.29) is 5.91 Å². The summed E-state index contributed by atoms with van der Waals surface area (Å²) < 4.78 is 5.84. The van der Waals surface area contributed by atoms with Crippen molar-refractivity contribution in [2.45, 2.75) is 20.5 Å². The number of carbonyl (C=O) groups excluding carboxylic acids is 1. The van der Waals surface area contributed by atoms with Gasteiger partial charge >= 0.3 is 0 Å². The van der Waals surface area contributed by atoms with Crippen LogP contribution in [0.25, 0.3) is 10.9 Å². The van der Waals surface area contributed by atoms with Gasteiger partial charge in [-0.05, 0) is 37.6 Å². The fraction of sp³-hybridized carbons (Fsp3) is 0.250. The number of fused-ring (bicyclic) bond motifs is 1. The molecule has 0 aliphatic carbocycles. The first kappa shape index (κ1) is 16.1. The summed E-state index contributed by atoms with van der Waals surface area (Å²) in [5.74, 6) is 0.818. The van der Waals surface area contributed by atoms with E-state index in [0.29, 0.717) is 25.4 Å². The number of aromatic amines is 1. The van der Waals surface area contributed by atoms with Gasteiger partial charge in [0, 0.05) is 30.1 Å². The number of ether oxygens (including phenoxy) is 1. The lowest BCUT2D eigenvalue weighted by Crippen LogP contribution is -2.30. The molecule has 1 N–H and O–H groups in total. The molecule has 24 heavy (non-hydrogen) atoms. The van der Waals surface area contributed by atoms with E-state index in [2.05, 4.69) is 4.98 Å². The number of carbonyl (C=O) groups is 1. The normalized spacial score (nSPS) is 10.8. The van der Waals surface area contributed by atoms with Crippen LogP contribution in [0.1, 0.15) is 29.9 Å². The van der Waals surface area contributed by atoms with Gasteiger partial charge in [-0.1, -0.05) is 30.3 Å². The Labute approximate surface area is 142 Å². The molecule has 0 atom stereocenters. The summed E-state index contributed by atoms with van der Waals surface area (Å²) in [4.78, 5) is 17.5. The molecule has 0 aliphatic rings. The van der Waals surface area contributed by atoms with Crippen molar-refractivity contribution < 1.29 is 9.53 Å². The highest BCUT2D eigenvalue weighted by molar-refractivity contribution is 5.98. The van der Waals surface area contributed by atoms with Gasteiger partial charge in [-0.3, -0.25) is 4.79 Å². The van der Waals surface area contributed by atoms with Gasteiger partial charge in [-0.2, -0.15) is 0 Å². The Bertz CT molecular complexity index is 820. The molecule has 0 spiro atoms. The summed E-state index contributed by atoms with van der Waals surface area (Å²) in [6.45, 7) is 5.91. The minimum absolute atomic E-state index is 0.0305. The lowest BCUT2D eigenvalue weighted by atomic mass is 10.2. The van der Waals surface area contributed by atoms with Crippen LogP contribution in [0.15, 0.2) is 54.6 Å². The van der Waals surface area contributed by atoms with E-state index in [1.54, 1.807) is 4.90 Å². The van der Waals surface area contributed by atoms with Crippen molar-refractivity contribution in [3.8, 4) is 5.75 Å². The van der Waals surface area contributed by atoms with Crippen molar-refractivity contribution in [1.29, 1.82) is 0 Å². The number of hydrogen-bond donors (Lipinski definition) is 1. The first-order chi connectivity index (χ1) is 11.7. The molecule has 3 rings (SSSR count). The van der Waals surface area contributed by atoms with E-state index in [1.807, 2.05) is 68.4 Å². The number of H-pyrrole nitrogens is 1. The van der Waals surface area contributed by atoms with Gasteiger partial charge in [-0.25, -0.2) is 0 Å². The molecule has 0 saturated carbocycles. The molecule has 2 aromatic carbocycles. The number of nitrogens with one attached hydrogen (secondary N) is 1. The van der Waals surface area contributed by atoms with Crippen molar-refractivity contribution in [2.24, 2.45) is 0 Å². The van der Waals surface area contributed by atoms with Crippen molar-refractivity contribution in [1.82, 2.24) is 9.88 Å². The molecule has 0 unspecified atom stereocenters. The molecule has 1 aromatic heterocycles. The maximum absolute atomic E-state index is 12.4. The summed E-state index contributed by atoms with van der Waals surface area (Å²) in [5.41, 5.74) is 2.66. The molecular weight excluding hydrogens is 300 g/mol. The zero-order valence-corrected chi connectivity index (χ0v) is 14.1. The van der Waals surface area contributed by atoms with E-state index >= 15 is 0 Å². The van der Waals surface area contributed by atoms with Gasteiger partial charge in [0.05, 0.1) is 0 Å². The fourth-order valence-corrected chi connectivity index (χ4v) is 2.73. The lowest BCUT2D eigenvalue weighted by molar-refractivity contribution is 0.0768. The first-order valence-corrected chi connectivity index (χ1v) is 8.30. The molecule has 0 aliphatic heterocycles. The van der Waals surface area contributed by atoms with Gasteiger partial charge in [0.25, 0.3) is 5.91 Å². The summed E-state index contributed by atoms with van der Waals surface area (Å²) in [6, 6.07) is 17.8. The van der Waals surface area contributed by atoms with E-state index in [1.165, 1.54) is 0 Å². The van der Waals surface area contributed by atoms with Crippen molar-refractivity contribution in [3.05, 3.63) is 65.9 Å². The molecule has 0 fully saturated rings. The molecule has 1 heterocycles. The van der Waals surface area contributed by atoms with Crippen LogP contribution in [0.4, 0.5) is 0 Å². The molecule has 124 valence electrons. The smallest absolute Gasteiger partial charge is 0.270 e. The summed E-state index contributed by atoms with van der Waals surface area (Å²) in [6.07, 6.45) is 0. The first-order valence-electron chi connectivity index (χ1n) is 8.30. The van der Waals surface area contributed by atoms with Crippen LogP contribution in [0.2, 0.25) is 0 Å². The largest absolute Gasteiger partial charge is 0.489 e. The van der Waals surface area contributed by atoms with Crippen LogP contribution in [0.5, 0.6) is 5.75 Å². The minimum Gasteiger partial charge on any atom is -0.489 e. The van der Waals surface area contributed by atoms with Gasteiger partial charge in [-0.15, -0.1) is 0 Å². The van der Waals surface area contributed by atoms with Crippen molar-refractivity contribution >= 4 is 16.8 Å². The average molecular weight is 322 g/mol. The second-order valence-corrected chi connectivity index (χ2v) is 5.68. The van der Waals surface area contributed by atoms with Gasteiger partial charge in [0.2, 0.25) is 0 Å². The fourth-order valence-electron chi connectivity index (χ4n) is 2.73. The predicted octanol–water partition coefficient (Wildman–Crippen LogP) is 4.23. The average Bonchev–Trinajstić information content (AvgIpc) is 3.05. The number of aromatic nitrogens is 1. The highest BCUT2D eigenvalue weighted by atomic mass is 16.5. The Morgan fingerprint density at radius 2 is 1.79 bits per heavy atom. The zero-order valence-electron chi connectivity index (χ0n) is 14.1. The number of rotatable bonds is 6. The second kappa shape index (κ2) is 7.21. The van der Waals surface area contributed by atoms with E-state index in [9.17, 15) is 4.79 Å². The van der Waals surface area contributed by atoms with Crippen molar-refractivity contribution in [2.75, 3.05) is 13.1 Å². The highest BCUT2D eigenvalue weighted by Gasteiger charge is 2.15. The third kappa shape index (κ3) is 3.43. The molecule has 0 radical (unpaired) electrons. The maximum Gasteiger partial charge on any atom is 0.270 e. The predicted molar refractivity (Wildman–Crippen MR) is 96.3 cm³/mol. The number of amides is 1. The number of nitrogens with zero attached hydrogens (tertiary/aromatic N) is 1. The monoisotopic (exact) mass is 322 g/mol. The Kier molecular flexibility index (Phi) is 4.85. The Hall–Kier alpha value is -2.75. The van der Waals surface area contributed by atoms with Gasteiger partial charge < -0.3 is 14.6 Å². The number of hydrogen-bond acceptors (Lipinski definition) is 2.